The molecule has 0 spiro atoms. The molecule has 1 unspecified atom stereocenters. The van der Waals surface area contributed by atoms with Gasteiger partial charge in [0, 0.05) is 18.1 Å². The Bertz CT molecular complexity index is 301. The summed E-state index contributed by atoms with van der Waals surface area (Å²) in [5.74, 6) is 3.07. The molecule has 0 saturated heterocycles. The Morgan fingerprint density at radius 3 is 3.13 bits per heavy atom. The van der Waals surface area contributed by atoms with Gasteiger partial charge >= 0.3 is 0 Å². The molecule has 15 heavy (non-hydrogen) atoms. The highest BCUT2D eigenvalue weighted by Gasteiger charge is 2.11. The SMILES string of the molecule is C=CCSCCNC(C)c1occc1Br. The van der Waals surface area contributed by atoms with Crippen LogP contribution in [-0.4, -0.2) is 18.1 Å². The van der Waals surface area contributed by atoms with Gasteiger partial charge < -0.3 is 9.73 Å². The van der Waals surface area contributed by atoms with Gasteiger partial charge in [0.15, 0.2) is 0 Å². The number of hydrogen-bond acceptors (Lipinski definition) is 3. The first-order chi connectivity index (χ1) is 7.25. The minimum absolute atomic E-state index is 0.249. The second kappa shape index (κ2) is 7.14. The third kappa shape index (κ3) is 4.45. The summed E-state index contributed by atoms with van der Waals surface area (Å²) < 4.78 is 6.40. The predicted molar refractivity (Wildman–Crippen MR) is 70.3 cm³/mol. The highest BCUT2D eigenvalue weighted by atomic mass is 79.9. The second-order valence-corrected chi connectivity index (χ2v) is 5.18. The van der Waals surface area contributed by atoms with Gasteiger partial charge in [0.25, 0.3) is 0 Å². The lowest BCUT2D eigenvalue weighted by molar-refractivity contribution is 0.435. The van der Waals surface area contributed by atoms with Gasteiger partial charge in [0.05, 0.1) is 16.8 Å². The second-order valence-electron chi connectivity index (χ2n) is 3.17. The smallest absolute Gasteiger partial charge is 0.134 e. The molecule has 4 heteroatoms. The van der Waals surface area contributed by atoms with E-state index in [-0.39, 0.29) is 6.04 Å². The molecule has 0 aliphatic rings. The number of nitrogens with one attached hydrogen (secondary N) is 1. The van der Waals surface area contributed by atoms with E-state index in [1.807, 2.05) is 23.9 Å². The van der Waals surface area contributed by atoms with E-state index in [0.29, 0.717) is 0 Å². The Balaban J connectivity index is 2.22. The van der Waals surface area contributed by atoms with Crippen molar-refractivity contribution in [3.63, 3.8) is 0 Å². The van der Waals surface area contributed by atoms with Gasteiger partial charge in [0.1, 0.15) is 5.76 Å². The molecule has 1 N–H and O–H groups in total. The minimum Gasteiger partial charge on any atom is -0.466 e. The van der Waals surface area contributed by atoms with E-state index in [0.717, 1.165) is 28.3 Å². The number of rotatable bonds is 7. The van der Waals surface area contributed by atoms with Crippen LogP contribution in [0.5, 0.6) is 0 Å². The molecular weight excluding hydrogens is 274 g/mol. The lowest BCUT2D eigenvalue weighted by Gasteiger charge is -2.11. The average molecular weight is 290 g/mol. The first kappa shape index (κ1) is 12.9. The van der Waals surface area contributed by atoms with Crippen LogP contribution >= 0.6 is 27.7 Å². The normalized spacial score (nSPS) is 12.7. The zero-order valence-corrected chi connectivity index (χ0v) is 11.2. The fourth-order valence-electron chi connectivity index (χ4n) is 1.22. The van der Waals surface area contributed by atoms with E-state index in [9.17, 15) is 0 Å². The van der Waals surface area contributed by atoms with Crippen molar-refractivity contribution in [2.75, 3.05) is 18.1 Å². The summed E-state index contributed by atoms with van der Waals surface area (Å²) in [5.41, 5.74) is 0. The van der Waals surface area contributed by atoms with Crippen molar-refractivity contribution in [3.8, 4) is 0 Å². The Hall–Kier alpha value is -0.190. The molecule has 1 heterocycles. The number of thioether (sulfide) groups is 1. The molecule has 0 aliphatic heterocycles. The first-order valence-electron chi connectivity index (χ1n) is 4.90. The van der Waals surface area contributed by atoms with Crippen molar-refractivity contribution in [1.29, 1.82) is 0 Å². The molecule has 0 saturated carbocycles. The lowest BCUT2D eigenvalue weighted by atomic mass is 10.2. The molecule has 0 aliphatic carbocycles. The highest BCUT2D eigenvalue weighted by molar-refractivity contribution is 9.10. The molecule has 84 valence electrons. The Morgan fingerprint density at radius 1 is 1.73 bits per heavy atom. The van der Waals surface area contributed by atoms with Crippen molar-refractivity contribution in [3.05, 3.63) is 35.2 Å². The minimum atomic E-state index is 0.249. The van der Waals surface area contributed by atoms with E-state index < -0.39 is 0 Å². The van der Waals surface area contributed by atoms with Crippen molar-refractivity contribution >= 4 is 27.7 Å². The monoisotopic (exact) mass is 289 g/mol. The van der Waals surface area contributed by atoms with Gasteiger partial charge in [-0.25, -0.2) is 0 Å². The van der Waals surface area contributed by atoms with E-state index in [2.05, 4.69) is 34.7 Å². The van der Waals surface area contributed by atoms with Gasteiger partial charge in [-0.15, -0.1) is 6.58 Å². The third-order valence-corrected chi connectivity index (χ3v) is 3.59. The van der Waals surface area contributed by atoms with Crippen LogP contribution in [0.1, 0.15) is 18.7 Å². The largest absolute Gasteiger partial charge is 0.466 e. The number of halogens is 1. The van der Waals surface area contributed by atoms with Gasteiger partial charge in [-0.1, -0.05) is 6.08 Å². The number of furan rings is 1. The van der Waals surface area contributed by atoms with E-state index in [1.54, 1.807) is 6.26 Å². The highest BCUT2D eigenvalue weighted by Crippen LogP contribution is 2.23. The van der Waals surface area contributed by atoms with Crippen LogP contribution in [0, 0.1) is 0 Å². The van der Waals surface area contributed by atoms with E-state index in [1.165, 1.54) is 0 Å². The molecular formula is C11H16BrNOS. The predicted octanol–water partition coefficient (Wildman–Crippen LogP) is 3.61. The maximum Gasteiger partial charge on any atom is 0.134 e. The zero-order chi connectivity index (χ0) is 11.1. The summed E-state index contributed by atoms with van der Waals surface area (Å²) in [6.45, 7) is 6.76. The Labute approximate surface area is 104 Å². The van der Waals surface area contributed by atoms with Gasteiger partial charge in [-0.05, 0) is 28.9 Å². The number of hydrogen-bond donors (Lipinski definition) is 1. The standard InChI is InChI=1S/C11H16BrNOS/c1-3-7-15-8-5-13-9(2)11-10(12)4-6-14-11/h3-4,6,9,13H,1,5,7-8H2,2H3. The molecule has 0 aromatic carbocycles. The van der Waals surface area contributed by atoms with Crippen LogP contribution < -0.4 is 5.32 Å². The molecule has 2 nitrogen and oxygen atoms in total. The fourth-order valence-corrected chi connectivity index (χ4v) is 2.36. The van der Waals surface area contributed by atoms with Gasteiger partial charge in [-0.2, -0.15) is 11.8 Å². The summed E-state index contributed by atoms with van der Waals surface area (Å²) in [6.07, 6.45) is 3.63. The summed E-state index contributed by atoms with van der Waals surface area (Å²) in [5, 5.41) is 3.41. The van der Waals surface area contributed by atoms with Crippen LogP contribution in [0.3, 0.4) is 0 Å². The maximum atomic E-state index is 5.37. The lowest BCUT2D eigenvalue weighted by Crippen LogP contribution is -2.21. The maximum absolute atomic E-state index is 5.37. The van der Waals surface area contributed by atoms with Crippen molar-refractivity contribution in [2.24, 2.45) is 0 Å². The van der Waals surface area contributed by atoms with Crippen LogP contribution in [-0.2, 0) is 0 Å². The van der Waals surface area contributed by atoms with Crippen LogP contribution in [0.2, 0.25) is 0 Å². The summed E-state index contributed by atoms with van der Waals surface area (Å²) in [7, 11) is 0. The topological polar surface area (TPSA) is 25.2 Å². The molecule has 0 fully saturated rings. The van der Waals surface area contributed by atoms with Gasteiger partial charge in [0.2, 0.25) is 0 Å². The molecule has 1 aromatic rings. The van der Waals surface area contributed by atoms with Gasteiger partial charge in [-0.3, -0.25) is 0 Å². The van der Waals surface area contributed by atoms with Crippen molar-refractivity contribution in [2.45, 2.75) is 13.0 Å². The summed E-state index contributed by atoms with van der Waals surface area (Å²) >= 11 is 5.32. The summed E-state index contributed by atoms with van der Waals surface area (Å²) in [6, 6.07) is 2.17. The average Bonchev–Trinajstić information content (AvgIpc) is 2.64. The molecule has 0 amide bonds. The molecule has 1 rings (SSSR count). The molecule has 0 radical (unpaired) electrons. The van der Waals surface area contributed by atoms with Crippen molar-refractivity contribution < 1.29 is 4.42 Å². The third-order valence-electron chi connectivity index (χ3n) is 1.97. The van der Waals surface area contributed by atoms with Crippen LogP contribution in [0.25, 0.3) is 0 Å². The zero-order valence-electron chi connectivity index (χ0n) is 8.83. The van der Waals surface area contributed by atoms with Crippen LogP contribution in [0.15, 0.2) is 33.9 Å². The fraction of sp³-hybridized carbons (Fsp3) is 0.455. The van der Waals surface area contributed by atoms with E-state index in [4.69, 9.17) is 4.42 Å². The molecule has 1 aromatic heterocycles. The quantitative estimate of drug-likeness (QED) is 0.613. The van der Waals surface area contributed by atoms with Crippen molar-refractivity contribution in [1.82, 2.24) is 5.32 Å². The van der Waals surface area contributed by atoms with Crippen LogP contribution in [0.4, 0.5) is 0 Å². The molecule has 1 atom stereocenters. The Kier molecular flexibility index (Phi) is 6.13. The Morgan fingerprint density at radius 2 is 2.53 bits per heavy atom. The summed E-state index contributed by atoms with van der Waals surface area (Å²) in [4.78, 5) is 0. The first-order valence-corrected chi connectivity index (χ1v) is 6.85. The molecule has 0 bridgehead atoms. The van der Waals surface area contributed by atoms with E-state index >= 15 is 0 Å².